The van der Waals surface area contributed by atoms with Crippen molar-refractivity contribution < 1.29 is 22.7 Å². The Kier molecular flexibility index (Phi) is 5.99. The molecule has 0 fully saturated rings. The zero-order chi connectivity index (χ0) is 19.3. The van der Waals surface area contributed by atoms with Crippen molar-refractivity contribution in [3.8, 4) is 5.75 Å². The molecule has 0 spiro atoms. The molecule has 2 N–H and O–H groups in total. The number of sulfonamides is 1. The quantitative estimate of drug-likeness (QED) is 0.723. The number of ketones is 1. The summed E-state index contributed by atoms with van der Waals surface area (Å²) in [5.41, 5.74) is 0.934. The fourth-order valence-corrected chi connectivity index (χ4v) is 3.28. The van der Waals surface area contributed by atoms with Crippen molar-refractivity contribution in [3.63, 3.8) is 0 Å². The van der Waals surface area contributed by atoms with Crippen molar-refractivity contribution in [2.45, 2.75) is 25.2 Å². The minimum atomic E-state index is -3.91. The van der Waals surface area contributed by atoms with Crippen LogP contribution in [0, 0.1) is 0 Å². The molecule has 0 saturated heterocycles. The normalized spacial score (nSPS) is 10.9. The summed E-state index contributed by atoms with van der Waals surface area (Å²) in [6, 6.07) is 10.4. The summed E-state index contributed by atoms with van der Waals surface area (Å²) in [5.74, 6) is -0.0793. The zero-order valence-electron chi connectivity index (χ0n) is 14.7. The molecule has 8 heteroatoms. The Balaban J connectivity index is 2.36. The molecule has 0 unspecified atom stereocenters. The lowest BCUT2D eigenvalue weighted by atomic mass is 10.1. The SMILES string of the molecule is CCC(=O)Nc1cc(S(=O)(=O)Nc2cccc(C(C)=O)c2)ccc1OC. The van der Waals surface area contributed by atoms with Crippen LogP contribution in [0.15, 0.2) is 47.4 Å². The van der Waals surface area contributed by atoms with Crippen molar-refractivity contribution in [2.75, 3.05) is 17.1 Å². The molecule has 2 rings (SSSR count). The first-order valence-corrected chi connectivity index (χ1v) is 9.37. The zero-order valence-corrected chi connectivity index (χ0v) is 15.5. The second kappa shape index (κ2) is 8.01. The van der Waals surface area contributed by atoms with Gasteiger partial charge in [0.15, 0.2) is 5.78 Å². The van der Waals surface area contributed by atoms with Gasteiger partial charge in [-0.1, -0.05) is 19.1 Å². The van der Waals surface area contributed by atoms with Crippen LogP contribution in [0.3, 0.4) is 0 Å². The molecule has 26 heavy (non-hydrogen) atoms. The van der Waals surface area contributed by atoms with Crippen molar-refractivity contribution >= 4 is 33.1 Å². The second-order valence-corrected chi connectivity index (χ2v) is 7.19. The van der Waals surface area contributed by atoms with Crippen LogP contribution in [0.4, 0.5) is 11.4 Å². The number of carbonyl (C=O) groups excluding carboxylic acids is 2. The predicted octanol–water partition coefficient (Wildman–Crippen LogP) is 3.05. The van der Waals surface area contributed by atoms with Gasteiger partial charge in [0.25, 0.3) is 10.0 Å². The molecule has 2 aromatic rings. The number of hydrogen-bond acceptors (Lipinski definition) is 5. The number of rotatable bonds is 7. The Bertz CT molecular complexity index is 938. The van der Waals surface area contributed by atoms with Crippen LogP contribution in [0.25, 0.3) is 0 Å². The second-order valence-electron chi connectivity index (χ2n) is 5.51. The minimum absolute atomic E-state index is 0.0436. The Labute approximate surface area is 152 Å². The van der Waals surface area contributed by atoms with Crippen LogP contribution in [-0.2, 0) is 14.8 Å². The van der Waals surface area contributed by atoms with E-state index >= 15 is 0 Å². The van der Waals surface area contributed by atoms with Gasteiger partial charge in [0.1, 0.15) is 5.75 Å². The van der Waals surface area contributed by atoms with Gasteiger partial charge in [-0.3, -0.25) is 14.3 Å². The van der Waals surface area contributed by atoms with E-state index in [-0.39, 0.29) is 34.4 Å². The molecule has 0 bridgehead atoms. The maximum Gasteiger partial charge on any atom is 0.261 e. The average Bonchev–Trinajstić information content (AvgIpc) is 2.61. The highest BCUT2D eigenvalue weighted by molar-refractivity contribution is 7.92. The number of nitrogens with one attached hydrogen (secondary N) is 2. The summed E-state index contributed by atoms with van der Waals surface area (Å²) >= 11 is 0. The van der Waals surface area contributed by atoms with Crippen LogP contribution < -0.4 is 14.8 Å². The summed E-state index contributed by atoms with van der Waals surface area (Å²) in [5, 5.41) is 2.61. The number of ether oxygens (including phenoxy) is 1. The summed E-state index contributed by atoms with van der Waals surface area (Å²) in [7, 11) is -2.49. The number of Topliss-reactive ketones (excluding diaryl/α,β-unsaturated/α-hetero) is 1. The smallest absolute Gasteiger partial charge is 0.261 e. The van der Waals surface area contributed by atoms with E-state index in [1.165, 1.54) is 38.3 Å². The Morgan fingerprint density at radius 1 is 1.12 bits per heavy atom. The summed E-state index contributed by atoms with van der Waals surface area (Å²) in [6.45, 7) is 3.09. The van der Waals surface area contributed by atoms with Crippen molar-refractivity contribution in [2.24, 2.45) is 0 Å². The Morgan fingerprint density at radius 3 is 2.46 bits per heavy atom. The summed E-state index contributed by atoms with van der Waals surface area (Å²) < 4.78 is 32.9. The Morgan fingerprint density at radius 2 is 1.85 bits per heavy atom. The van der Waals surface area contributed by atoms with E-state index in [1.807, 2.05) is 0 Å². The number of amides is 1. The number of benzene rings is 2. The lowest BCUT2D eigenvalue weighted by Crippen LogP contribution is -2.15. The lowest BCUT2D eigenvalue weighted by molar-refractivity contribution is -0.115. The molecule has 7 nitrogen and oxygen atoms in total. The van der Waals surface area contributed by atoms with E-state index in [0.29, 0.717) is 11.3 Å². The van der Waals surface area contributed by atoms with Crippen LogP contribution in [0.5, 0.6) is 5.75 Å². The van der Waals surface area contributed by atoms with Gasteiger partial charge < -0.3 is 10.1 Å². The minimum Gasteiger partial charge on any atom is -0.495 e. The van der Waals surface area contributed by atoms with Gasteiger partial charge in [-0.2, -0.15) is 0 Å². The highest BCUT2D eigenvalue weighted by atomic mass is 32.2. The van der Waals surface area contributed by atoms with Gasteiger partial charge in [0.05, 0.1) is 17.7 Å². The third kappa shape index (κ3) is 4.60. The number of anilines is 2. The maximum absolute atomic E-state index is 12.6. The average molecular weight is 376 g/mol. The van der Waals surface area contributed by atoms with E-state index in [2.05, 4.69) is 10.0 Å². The Hall–Kier alpha value is -2.87. The maximum atomic E-state index is 12.6. The third-order valence-corrected chi connectivity index (χ3v) is 4.98. The van der Waals surface area contributed by atoms with Gasteiger partial charge in [0.2, 0.25) is 5.91 Å². The molecule has 0 aliphatic heterocycles. The van der Waals surface area contributed by atoms with Crippen LogP contribution >= 0.6 is 0 Å². The first kappa shape index (κ1) is 19.5. The van der Waals surface area contributed by atoms with Gasteiger partial charge >= 0.3 is 0 Å². The van der Waals surface area contributed by atoms with E-state index in [4.69, 9.17) is 4.74 Å². The molecular weight excluding hydrogens is 356 g/mol. The molecular formula is C18H20N2O5S. The third-order valence-electron chi connectivity index (χ3n) is 3.60. The van der Waals surface area contributed by atoms with E-state index in [1.54, 1.807) is 25.1 Å². The molecule has 0 aliphatic carbocycles. The molecule has 0 saturated carbocycles. The molecule has 0 radical (unpaired) electrons. The first-order valence-electron chi connectivity index (χ1n) is 7.88. The highest BCUT2D eigenvalue weighted by Crippen LogP contribution is 2.28. The topological polar surface area (TPSA) is 102 Å². The lowest BCUT2D eigenvalue weighted by Gasteiger charge is -2.13. The fourth-order valence-electron chi connectivity index (χ4n) is 2.21. The van der Waals surface area contributed by atoms with E-state index in [9.17, 15) is 18.0 Å². The summed E-state index contributed by atoms with van der Waals surface area (Å²) in [6.07, 6.45) is 0.246. The fraction of sp³-hybridized carbons (Fsp3) is 0.222. The molecule has 2 aromatic carbocycles. The van der Waals surface area contributed by atoms with E-state index in [0.717, 1.165) is 0 Å². The highest BCUT2D eigenvalue weighted by Gasteiger charge is 2.18. The molecule has 0 heterocycles. The summed E-state index contributed by atoms with van der Waals surface area (Å²) in [4.78, 5) is 23.0. The predicted molar refractivity (Wildman–Crippen MR) is 99.2 cm³/mol. The van der Waals surface area contributed by atoms with Gasteiger partial charge in [-0.15, -0.1) is 0 Å². The van der Waals surface area contributed by atoms with Crippen LogP contribution in [0.2, 0.25) is 0 Å². The van der Waals surface area contributed by atoms with Crippen molar-refractivity contribution in [1.82, 2.24) is 0 Å². The molecule has 0 aromatic heterocycles. The van der Waals surface area contributed by atoms with Crippen molar-refractivity contribution in [1.29, 1.82) is 0 Å². The standard InChI is InChI=1S/C18H20N2O5S/c1-4-18(22)19-16-11-15(8-9-17(16)25-3)26(23,24)20-14-7-5-6-13(10-14)12(2)21/h5-11,20H,4H2,1-3H3,(H,19,22). The molecule has 138 valence electrons. The van der Waals surface area contributed by atoms with Gasteiger partial charge in [0, 0.05) is 17.7 Å². The van der Waals surface area contributed by atoms with Gasteiger partial charge in [-0.05, 0) is 37.3 Å². The monoisotopic (exact) mass is 376 g/mol. The first-order chi connectivity index (χ1) is 12.3. The largest absolute Gasteiger partial charge is 0.495 e. The van der Waals surface area contributed by atoms with Crippen LogP contribution in [-0.4, -0.2) is 27.2 Å². The molecule has 1 amide bonds. The van der Waals surface area contributed by atoms with E-state index < -0.39 is 10.0 Å². The van der Waals surface area contributed by atoms with Crippen molar-refractivity contribution in [3.05, 3.63) is 48.0 Å². The van der Waals surface area contributed by atoms with Crippen LogP contribution in [0.1, 0.15) is 30.6 Å². The molecule has 0 aliphatic rings. The molecule has 0 atom stereocenters. The number of carbonyl (C=O) groups is 2. The number of hydrogen-bond donors (Lipinski definition) is 2. The van der Waals surface area contributed by atoms with Gasteiger partial charge in [-0.25, -0.2) is 8.42 Å². The number of methoxy groups -OCH3 is 1.